The summed E-state index contributed by atoms with van der Waals surface area (Å²) >= 11 is 0. The van der Waals surface area contributed by atoms with Gasteiger partial charge in [0.1, 0.15) is 6.54 Å². The molecule has 0 aliphatic heterocycles. The lowest BCUT2D eigenvalue weighted by Crippen LogP contribution is -2.36. The van der Waals surface area contributed by atoms with E-state index in [1.165, 1.54) is 21.9 Å². The molecule has 0 saturated carbocycles. The number of aromatic nitrogens is 2. The number of aryl methyl sites for hydroxylation is 1. The summed E-state index contributed by atoms with van der Waals surface area (Å²) in [7, 11) is 1.81. The minimum Gasteiger partial charge on any atom is -0.337 e. The third kappa shape index (κ3) is 3.40. The van der Waals surface area contributed by atoms with Crippen LogP contribution in [0.4, 0.5) is 0 Å². The highest BCUT2D eigenvalue weighted by Crippen LogP contribution is 2.34. The number of carbonyl (C=O) groups is 1. The molecule has 1 heterocycles. The molecular weight excluding hydrogens is 338 g/mol. The topological polar surface area (TPSA) is 55.2 Å². The first-order valence-corrected chi connectivity index (χ1v) is 9.10. The third-order valence-electron chi connectivity index (χ3n) is 5.18. The first-order chi connectivity index (χ1) is 13.1. The zero-order valence-electron chi connectivity index (χ0n) is 15.2. The molecule has 0 bridgehead atoms. The minimum absolute atomic E-state index is 0.0571. The van der Waals surface area contributed by atoms with Crippen LogP contribution in [0, 0.1) is 0 Å². The average molecular weight is 359 g/mol. The number of amides is 1. The average Bonchev–Trinajstić information content (AvgIpc) is 3.14. The van der Waals surface area contributed by atoms with Gasteiger partial charge in [0.2, 0.25) is 5.91 Å². The van der Waals surface area contributed by atoms with E-state index in [4.69, 9.17) is 0 Å². The molecule has 1 amide bonds. The number of rotatable bonds is 4. The second-order valence-electron chi connectivity index (χ2n) is 6.84. The smallest absolute Gasteiger partial charge is 0.267 e. The van der Waals surface area contributed by atoms with Gasteiger partial charge in [0, 0.05) is 18.7 Å². The Bertz CT molecular complexity index is 1030. The summed E-state index contributed by atoms with van der Waals surface area (Å²) in [5.41, 5.74) is 3.81. The van der Waals surface area contributed by atoms with Crippen LogP contribution in [0.1, 0.15) is 23.6 Å². The second kappa shape index (κ2) is 7.19. The van der Waals surface area contributed by atoms with Gasteiger partial charge in [0.25, 0.3) is 5.56 Å². The lowest BCUT2D eigenvalue weighted by atomic mass is 10.1. The monoisotopic (exact) mass is 359 g/mol. The molecule has 1 atom stereocenters. The molecule has 1 unspecified atom stereocenters. The van der Waals surface area contributed by atoms with Crippen LogP contribution in [0.5, 0.6) is 0 Å². The summed E-state index contributed by atoms with van der Waals surface area (Å²) in [6.45, 7) is -0.0608. The molecule has 136 valence electrons. The van der Waals surface area contributed by atoms with E-state index in [0.717, 1.165) is 18.4 Å². The molecular formula is C22H21N3O2. The van der Waals surface area contributed by atoms with Crippen LogP contribution in [0.15, 0.2) is 71.5 Å². The van der Waals surface area contributed by atoms with E-state index in [0.29, 0.717) is 5.69 Å². The van der Waals surface area contributed by atoms with Gasteiger partial charge >= 0.3 is 0 Å². The number of nitrogens with zero attached hydrogens (tertiary/aromatic N) is 3. The Balaban J connectivity index is 1.56. The molecule has 1 aliphatic rings. The molecule has 0 fully saturated rings. The lowest BCUT2D eigenvalue weighted by Gasteiger charge is -2.25. The van der Waals surface area contributed by atoms with Gasteiger partial charge in [-0.2, -0.15) is 5.10 Å². The van der Waals surface area contributed by atoms with E-state index in [1.807, 2.05) is 42.5 Å². The molecule has 0 radical (unpaired) electrons. The summed E-state index contributed by atoms with van der Waals surface area (Å²) in [4.78, 5) is 26.8. The number of carbonyl (C=O) groups excluding carboxylic acids is 1. The van der Waals surface area contributed by atoms with Crippen LogP contribution in [0.2, 0.25) is 0 Å². The molecule has 2 aromatic carbocycles. The highest BCUT2D eigenvalue weighted by molar-refractivity contribution is 5.76. The van der Waals surface area contributed by atoms with Gasteiger partial charge in [-0.3, -0.25) is 9.59 Å². The first-order valence-electron chi connectivity index (χ1n) is 9.10. The van der Waals surface area contributed by atoms with Crippen LogP contribution in [0.25, 0.3) is 11.3 Å². The molecule has 27 heavy (non-hydrogen) atoms. The summed E-state index contributed by atoms with van der Waals surface area (Å²) in [6, 6.07) is 21.1. The molecule has 4 rings (SSSR count). The predicted molar refractivity (Wildman–Crippen MR) is 104 cm³/mol. The van der Waals surface area contributed by atoms with Crippen molar-refractivity contribution in [3.05, 3.63) is 88.2 Å². The number of benzene rings is 2. The Morgan fingerprint density at radius 3 is 2.63 bits per heavy atom. The summed E-state index contributed by atoms with van der Waals surface area (Å²) in [5.74, 6) is -0.114. The number of likely N-dealkylation sites (N-methyl/N-ethyl adjacent to an activating group) is 1. The van der Waals surface area contributed by atoms with Crippen LogP contribution in [0.3, 0.4) is 0 Å². The maximum atomic E-state index is 12.8. The fraction of sp³-hybridized carbons (Fsp3) is 0.227. The normalized spacial score (nSPS) is 15.4. The van der Waals surface area contributed by atoms with Gasteiger partial charge in [-0.1, -0.05) is 54.6 Å². The molecule has 3 aromatic rings. The van der Waals surface area contributed by atoms with Crippen molar-refractivity contribution < 1.29 is 4.79 Å². The lowest BCUT2D eigenvalue weighted by molar-refractivity contribution is -0.133. The van der Waals surface area contributed by atoms with Crippen LogP contribution in [-0.2, 0) is 17.8 Å². The van der Waals surface area contributed by atoms with Crippen molar-refractivity contribution in [2.75, 3.05) is 7.05 Å². The first kappa shape index (κ1) is 17.2. The van der Waals surface area contributed by atoms with Crippen molar-refractivity contribution >= 4 is 5.91 Å². The summed E-state index contributed by atoms with van der Waals surface area (Å²) in [6.07, 6.45) is 1.88. The van der Waals surface area contributed by atoms with Gasteiger partial charge in [0.05, 0.1) is 11.7 Å². The highest BCUT2D eigenvalue weighted by Gasteiger charge is 2.28. The molecule has 5 nitrogen and oxygen atoms in total. The Kier molecular flexibility index (Phi) is 4.59. The van der Waals surface area contributed by atoms with Gasteiger partial charge in [0.15, 0.2) is 0 Å². The van der Waals surface area contributed by atoms with E-state index >= 15 is 0 Å². The van der Waals surface area contributed by atoms with Crippen molar-refractivity contribution in [1.82, 2.24) is 14.7 Å². The summed E-state index contributed by atoms with van der Waals surface area (Å²) < 4.78 is 1.25. The maximum absolute atomic E-state index is 12.8. The fourth-order valence-electron chi connectivity index (χ4n) is 3.68. The van der Waals surface area contributed by atoms with Gasteiger partial charge in [-0.15, -0.1) is 0 Å². The van der Waals surface area contributed by atoms with Crippen molar-refractivity contribution in [2.45, 2.75) is 25.4 Å². The van der Waals surface area contributed by atoms with Gasteiger partial charge < -0.3 is 4.90 Å². The zero-order chi connectivity index (χ0) is 18.8. The second-order valence-corrected chi connectivity index (χ2v) is 6.84. The van der Waals surface area contributed by atoms with E-state index in [-0.39, 0.29) is 24.1 Å². The largest absolute Gasteiger partial charge is 0.337 e. The molecule has 0 spiro atoms. The molecule has 5 heteroatoms. The van der Waals surface area contributed by atoms with Crippen molar-refractivity contribution in [3.63, 3.8) is 0 Å². The minimum atomic E-state index is -0.275. The van der Waals surface area contributed by atoms with Gasteiger partial charge in [-0.25, -0.2) is 4.68 Å². The Labute approximate surface area is 157 Å². The third-order valence-corrected chi connectivity index (χ3v) is 5.18. The molecule has 0 saturated heterocycles. The maximum Gasteiger partial charge on any atom is 0.267 e. The standard InChI is InChI=1S/C22H21N3O2/c1-24(20-13-11-16-7-5-6-10-18(16)20)22(27)15-25-21(26)14-12-19(23-25)17-8-3-2-4-9-17/h2-10,12,14,20H,11,13,15H2,1H3. The van der Waals surface area contributed by atoms with E-state index < -0.39 is 0 Å². The van der Waals surface area contributed by atoms with Crippen molar-refractivity contribution in [2.24, 2.45) is 0 Å². The summed E-state index contributed by atoms with van der Waals surface area (Å²) in [5, 5.41) is 4.39. The predicted octanol–water partition coefficient (Wildman–Crippen LogP) is 3.06. The molecule has 1 aliphatic carbocycles. The fourth-order valence-corrected chi connectivity index (χ4v) is 3.68. The van der Waals surface area contributed by atoms with Crippen LogP contribution in [-0.4, -0.2) is 27.6 Å². The quantitative estimate of drug-likeness (QED) is 0.719. The van der Waals surface area contributed by atoms with Crippen LogP contribution >= 0.6 is 0 Å². The Hall–Kier alpha value is -3.21. The Morgan fingerprint density at radius 1 is 1.07 bits per heavy atom. The van der Waals surface area contributed by atoms with Crippen molar-refractivity contribution in [3.8, 4) is 11.3 Å². The molecule has 0 N–H and O–H groups in total. The van der Waals surface area contributed by atoms with Gasteiger partial charge in [-0.05, 0) is 30.0 Å². The van der Waals surface area contributed by atoms with Crippen molar-refractivity contribution in [1.29, 1.82) is 0 Å². The molecule has 1 aromatic heterocycles. The van der Waals surface area contributed by atoms with Crippen LogP contribution < -0.4 is 5.56 Å². The highest BCUT2D eigenvalue weighted by atomic mass is 16.2. The van der Waals surface area contributed by atoms with E-state index in [2.05, 4.69) is 17.2 Å². The SMILES string of the molecule is CN(C(=O)Cn1nc(-c2ccccc2)ccc1=O)C1CCc2ccccc21. The Morgan fingerprint density at radius 2 is 1.81 bits per heavy atom. The van der Waals surface area contributed by atoms with E-state index in [1.54, 1.807) is 18.0 Å². The van der Waals surface area contributed by atoms with E-state index in [9.17, 15) is 9.59 Å². The number of fused-ring (bicyclic) bond motifs is 1. The zero-order valence-corrected chi connectivity index (χ0v) is 15.2. The number of hydrogen-bond acceptors (Lipinski definition) is 3. The number of hydrogen-bond donors (Lipinski definition) is 0.